The van der Waals surface area contributed by atoms with Crippen LogP contribution in [0.4, 0.5) is 5.69 Å². The van der Waals surface area contributed by atoms with Crippen molar-refractivity contribution < 1.29 is 4.79 Å². The lowest BCUT2D eigenvalue weighted by molar-refractivity contribution is 0.0993. The van der Waals surface area contributed by atoms with Crippen LogP contribution in [0, 0.1) is 5.41 Å². The number of H-pyrrole nitrogens is 2. The number of anilines is 1. The van der Waals surface area contributed by atoms with Gasteiger partial charge in [0.05, 0.1) is 5.69 Å². The second kappa shape index (κ2) is 7.41. The molecule has 0 bridgehead atoms. The van der Waals surface area contributed by atoms with Gasteiger partial charge in [0.25, 0.3) is 5.91 Å². The van der Waals surface area contributed by atoms with E-state index in [4.69, 9.17) is 0 Å². The molecule has 2 aromatic heterocycles. The van der Waals surface area contributed by atoms with Gasteiger partial charge in [0.1, 0.15) is 5.69 Å². The maximum absolute atomic E-state index is 12.8. The van der Waals surface area contributed by atoms with Gasteiger partial charge < -0.3 is 9.88 Å². The number of rotatable bonds is 4. The molecule has 1 aliphatic carbocycles. The van der Waals surface area contributed by atoms with E-state index in [2.05, 4.69) is 41.2 Å². The third kappa shape index (κ3) is 3.44. The normalized spacial score (nSPS) is 18.2. The molecule has 1 aliphatic rings. The Bertz CT molecular complexity index is 1250. The lowest BCUT2D eigenvalue weighted by atomic mass is 9.73. The Morgan fingerprint density at radius 3 is 2.74 bits per heavy atom. The first-order valence-electron chi connectivity index (χ1n) is 11.0. The van der Waals surface area contributed by atoms with Crippen LogP contribution >= 0.6 is 0 Å². The van der Waals surface area contributed by atoms with E-state index >= 15 is 0 Å². The molecular weight excluding hydrogens is 384 g/mol. The zero-order valence-electron chi connectivity index (χ0n) is 18.3. The topological polar surface area (TPSA) is 64.8 Å². The highest BCUT2D eigenvalue weighted by Gasteiger charge is 2.31. The smallest absolute Gasteiger partial charge is 0.258 e. The molecule has 0 saturated heterocycles. The Morgan fingerprint density at radius 2 is 1.97 bits per heavy atom. The molecule has 31 heavy (non-hydrogen) atoms. The largest absolute Gasteiger partial charge is 0.353 e. The van der Waals surface area contributed by atoms with Gasteiger partial charge in [-0.15, -0.1) is 0 Å². The summed E-state index contributed by atoms with van der Waals surface area (Å²) >= 11 is 0. The summed E-state index contributed by atoms with van der Waals surface area (Å²) < 4.78 is 0. The fraction of sp³-hybridized carbons (Fsp3) is 0.308. The SMILES string of the molecule is CCC1(C)CCc2c(-c3cc4ccc(N(C)C(=O)c5ccccc5)cc4[nH]3)n[nH]c2C1. The van der Waals surface area contributed by atoms with Gasteiger partial charge in [0.2, 0.25) is 0 Å². The minimum atomic E-state index is -0.0212. The summed E-state index contributed by atoms with van der Waals surface area (Å²) in [5.74, 6) is -0.0212. The number of aromatic nitrogens is 3. The number of carbonyl (C=O) groups excluding carboxylic acids is 1. The minimum absolute atomic E-state index is 0.0212. The van der Waals surface area contributed by atoms with Crippen molar-refractivity contribution in [2.75, 3.05) is 11.9 Å². The Hall–Kier alpha value is -3.34. The third-order valence-corrected chi connectivity index (χ3v) is 6.96. The lowest BCUT2D eigenvalue weighted by Gasteiger charge is -2.32. The molecule has 0 radical (unpaired) electrons. The quantitative estimate of drug-likeness (QED) is 0.449. The van der Waals surface area contributed by atoms with E-state index in [1.54, 1.807) is 4.90 Å². The summed E-state index contributed by atoms with van der Waals surface area (Å²) in [6.07, 6.45) is 4.49. The molecule has 5 rings (SSSR count). The molecule has 2 heterocycles. The zero-order chi connectivity index (χ0) is 21.6. The number of nitrogens with one attached hydrogen (secondary N) is 2. The van der Waals surface area contributed by atoms with E-state index < -0.39 is 0 Å². The predicted octanol–water partition coefficient (Wildman–Crippen LogP) is 5.74. The van der Waals surface area contributed by atoms with Gasteiger partial charge in [-0.25, -0.2) is 0 Å². The van der Waals surface area contributed by atoms with E-state index in [9.17, 15) is 4.79 Å². The number of nitrogens with zero attached hydrogens (tertiary/aromatic N) is 2. The molecule has 0 saturated carbocycles. The van der Waals surface area contributed by atoms with Gasteiger partial charge in [-0.1, -0.05) is 44.5 Å². The average molecular weight is 413 g/mol. The Morgan fingerprint density at radius 1 is 1.16 bits per heavy atom. The summed E-state index contributed by atoms with van der Waals surface area (Å²) in [5.41, 5.74) is 7.58. The lowest BCUT2D eigenvalue weighted by Crippen LogP contribution is -2.26. The van der Waals surface area contributed by atoms with Gasteiger partial charge in [0.15, 0.2) is 0 Å². The van der Waals surface area contributed by atoms with Crippen molar-refractivity contribution in [3.8, 4) is 11.4 Å². The van der Waals surface area contributed by atoms with Crippen LogP contribution in [0.3, 0.4) is 0 Å². The number of carbonyl (C=O) groups is 1. The number of hydrogen-bond donors (Lipinski definition) is 2. The Balaban J connectivity index is 1.45. The standard InChI is InChI=1S/C26H28N4O/c1-4-26(2)13-12-20-23(16-26)28-29-24(20)22-14-18-10-11-19(15-21(18)27-22)30(3)25(31)17-8-6-5-7-9-17/h5-11,14-15,27H,4,12-13,16H2,1-3H3,(H,28,29). The van der Waals surface area contributed by atoms with E-state index in [0.717, 1.165) is 40.8 Å². The van der Waals surface area contributed by atoms with E-state index in [-0.39, 0.29) is 5.91 Å². The second-order valence-electron chi connectivity index (χ2n) is 9.06. The first kappa shape index (κ1) is 19.6. The van der Waals surface area contributed by atoms with Crippen LogP contribution in [-0.4, -0.2) is 28.1 Å². The number of benzene rings is 2. The third-order valence-electron chi connectivity index (χ3n) is 6.96. The van der Waals surface area contributed by atoms with E-state index in [1.165, 1.54) is 24.1 Å². The molecule has 0 fully saturated rings. The van der Waals surface area contributed by atoms with Crippen molar-refractivity contribution in [3.63, 3.8) is 0 Å². The van der Waals surface area contributed by atoms with Gasteiger partial charge in [-0.05, 0) is 55.0 Å². The van der Waals surface area contributed by atoms with Gasteiger partial charge in [0, 0.05) is 40.5 Å². The second-order valence-corrected chi connectivity index (χ2v) is 9.06. The van der Waals surface area contributed by atoms with Crippen molar-refractivity contribution >= 4 is 22.5 Å². The highest BCUT2D eigenvalue weighted by molar-refractivity contribution is 6.06. The van der Waals surface area contributed by atoms with Crippen LogP contribution in [0.1, 0.15) is 48.3 Å². The highest BCUT2D eigenvalue weighted by atomic mass is 16.2. The fourth-order valence-electron chi connectivity index (χ4n) is 4.63. The van der Waals surface area contributed by atoms with Gasteiger partial charge in [-0.3, -0.25) is 9.89 Å². The first-order chi connectivity index (χ1) is 15.0. The van der Waals surface area contributed by atoms with Gasteiger partial charge in [-0.2, -0.15) is 5.10 Å². The maximum Gasteiger partial charge on any atom is 0.258 e. The summed E-state index contributed by atoms with van der Waals surface area (Å²) in [7, 11) is 1.81. The van der Waals surface area contributed by atoms with E-state index in [0.29, 0.717) is 11.0 Å². The van der Waals surface area contributed by atoms with Crippen LogP contribution in [0.25, 0.3) is 22.3 Å². The maximum atomic E-state index is 12.8. The van der Waals surface area contributed by atoms with Crippen molar-refractivity contribution in [2.24, 2.45) is 5.41 Å². The summed E-state index contributed by atoms with van der Waals surface area (Å²) in [6, 6.07) is 17.6. The summed E-state index contributed by atoms with van der Waals surface area (Å²) in [4.78, 5) is 18.0. The predicted molar refractivity (Wildman–Crippen MR) is 125 cm³/mol. The van der Waals surface area contributed by atoms with Crippen molar-refractivity contribution in [1.82, 2.24) is 15.2 Å². The molecular formula is C26H28N4O. The molecule has 1 atom stereocenters. The van der Waals surface area contributed by atoms with Crippen LogP contribution < -0.4 is 4.90 Å². The first-order valence-corrected chi connectivity index (χ1v) is 11.0. The number of hydrogen-bond acceptors (Lipinski definition) is 2. The Kier molecular flexibility index (Phi) is 4.69. The van der Waals surface area contributed by atoms with Crippen molar-refractivity contribution in [1.29, 1.82) is 0 Å². The van der Waals surface area contributed by atoms with Crippen LogP contribution in [-0.2, 0) is 12.8 Å². The molecule has 5 nitrogen and oxygen atoms in total. The summed E-state index contributed by atoms with van der Waals surface area (Å²) in [5, 5.41) is 9.08. The number of fused-ring (bicyclic) bond motifs is 2. The van der Waals surface area contributed by atoms with E-state index in [1.807, 2.05) is 49.5 Å². The van der Waals surface area contributed by atoms with Crippen LogP contribution in [0.5, 0.6) is 0 Å². The molecule has 1 amide bonds. The molecule has 0 aliphatic heterocycles. The number of amides is 1. The molecule has 0 spiro atoms. The van der Waals surface area contributed by atoms with Crippen LogP contribution in [0.15, 0.2) is 54.6 Å². The number of aromatic amines is 2. The Labute approximate surface area is 182 Å². The molecule has 5 heteroatoms. The van der Waals surface area contributed by atoms with Crippen molar-refractivity contribution in [3.05, 3.63) is 71.4 Å². The summed E-state index contributed by atoms with van der Waals surface area (Å²) in [6.45, 7) is 4.64. The molecule has 158 valence electrons. The zero-order valence-corrected chi connectivity index (χ0v) is 18.3. The minimum Gasteiger partial charge on any atom is -0.353 e. The average Bonchev–Trinajstić information content (AvgIpc) is 3.41. The monoisotopic (exact) mass is 412 g/mol. The molecule has 1 unspecified atom stereocenters. The highest BCUT2D eigenvalue weighted by Crippen LogP contribution is 2.40. The van der Waals surface area contributed by atoms with Gasteiger partial charge >= 0.3 is 0 Å². The molecule has 4 aromatic rings. The van der Waals surface area contributed by atoms with Crippen LogP contribution in [0.2, 0.25) is 0 Å². The van der Waals surface area contributed by atoms with Crippen molar-refractivity contribution in [2.45, 2.75) is 39.5 Å². The fourth-order valence-corrected chi connectivity index (χ4v) is 4.63. The molecule has 2 N–H and O–H groups in total. The molecule has 2 aromatic carbocycles.